The Morgan fingerprint density at radius 3 is 2.73 bits per heavy atom. The van der Waals surface area contributed by atoms with Crippen LogP contribution in [0.3, 0.4) is 0 Å². The summed E-state index contributed by atoms with van der Waals surface area (Å²) in [6.07, 6.45) is 6.13. The molecular weight excluding hydrogens is 400 g/mol. The van der Waals surface area contributed by atoms with E-state index in [9.17, 15) is 9.59 Å². The van der Waals surface area contributed by atoms with Gasteiger partial charge in [0, 0.05) is 18.0 Å². The highest BCUT2D eigenvalue weighted by molar-refractivity contribution is 7.17. The van der Waals surface area contributed by atoms with Crippen LogP contribution in [0.5, 0.6) is 5.75 Å². The highest BCUT2D eigenvalue weighted by Crippen LogP contribution is 2.38. The molecule has 2 amide bonds. The maximum atomic E-state index is 13.0. The molecule has 30 heavy (non-hydrogen) atoms. The molecule has 7 heteroatoms. The van der Waals surface area contributed by atoms with Gasteiger partial charge in [0.25, 0.3) is 11.8 Å². The van der Waals surface area contributed by atoms with Gasteiger partial charge in [-0.25, -0.2) is 0 Å². The number of anilines is 1. The van der Waals surface area contributed by atoms with Gasteiger partial charge in [0.1, 0.15) is 10.8 Å². The van der Waals surface area contributed by atoms with Crippen molar-refractivity contribution in [3.05, 3.63) is 45.8 Å². The van der Waals surface area contributed by atoms with Gasteiger partial charge in [-0.3, -0.25) is 9.59 Å². The standard InChI is InChI=1S/C23H28N2O4S/c1-15-8-10-16(11-9-15)29-14-20(26)25-23-21(18-6-2-3-7-19(18)30-23)22(27)24-13-17-5-4-12-28-17/h8-11,17H,2-7,12-14H2,1H3,(H,24,27)(H,25,26). The lowest BCUT2D eigenvalue weighted by molar-refractivity contribution is -0.118. The fraction of sp³-hybridized carbons (Fsp3) is 0.478. The molecule has 1 aromatic heterocycles. The van der Waals surface area contributed by atoms with Crippen molar-refractivity contribution in [2.75, 3.05) is 25.1 Å². The second-order valence-electron chi connectivity index (χ2n) is 7.91. The lowest BCUT2D eigenvalue weighted by Gasteiger charge is -2.15. The smallest absolute Gasteiger partial charge is 0.262 e. The maximum absolute atomic E-state index is 13.0. The molecule has 1 fully saturated rings. The number of hydrogen-bond donors (Lipinski definition) is 2. The molecule has 160 valence electrons. The summed E-state index contributed by atoms with van der Waals surface area (Å²) in [6.45, 7) is 3.17. The van der Waals surface area contributed by atoms with Crippen LogP contribution < -0.4 is 15.4 Å². The Hall–Kier alpha value is -2.38. The number of aryl methyl sites for hydroxylation is 2. The van der Waals surface area contributed by atoms with Gasteiger partial charge in [-0.15, -0.1) is 11.3 Å². The van der Waals surface area contributed by atoms with E-state index in [2.05, 4.69) is 10.6 Å². The molecule has 0 saturated carbocycles. The minimum atomic E-state index is -0.262. The number of hydrogen-bond acceptors (Lipinski definition) is 5. The molecule has 0 bridgehead atoms. The van der Waals surface area contributed by atoms with Crippen LogP contribution in [0.4, 0.5) is 5.00 Å². The Morgan fingerprint density at radius 1 is 1.17 bits per heavy atom. The first-order valence-electron chi connectivity index (χ1n) is 10.6. The maximum Gasteiger partial charge on any atom is 0.262 e. The predicted molar refractivity (Wildman–Crippen MR) is 118 cm³/mol. The quantitative estimate of drug-likeness (QED) is 0.702. The molecule has 1 saturated heterocycles. The summed E-state index contributed by atoms with van der Waals surface area (Å²) in [7, 11) is 0. The fourth-order valence-corrected chi connectivity index (χ4v) is 5.24. The van der Waals surface area contributed by atoms with Crippen molar-refractivity contribution >= 4 is 28.2 Å². The van der Waals surface area contributed by atoms with Crippen LogP contribution in [0.1, 0.15) is 52.0 Å². The van der Waals surface area contributed by atoms with E-state index in [1.807, 2.05) is 31.2 Å². The van der Waals surface area contributed by atoms with E-state index < -0.39 is 0 Å². The molecule has 2 aromatic rings. The summed E-state index contributed by atoms with van der Waals surface area (Å²) in [4.78, 5) is 26.7. The van der Waals surface area contributed by atoms with Crippen molar-refractivity contribution in [3.8, 4) is 5.75 Å². The molecule has 2 aliphatic rings. The minimum absolute atomic E-state index is 0.0874. The van der Waals surface area contributed by atoms with E-state index >= 15 is 0 Å². The van der Waals surface area contributed by atoms with Gasteiger partial charge >= 0.3 is 0 Å². The van der Waals surface area contributed by atoms with Crippen LogP contribution in [0.15, 0.2) is 24.3 Å². The average Bonchev–Trinajstić information content (AvgIpc) is 3.39. The number of nitrogens with one attached hydrogen (secondary N) is 2. The normalized spacial score (nSPS) is 18.0. The molecule has 0 spiro atoms. The topological polar surface area (TPSA) is 76.7 Å². The van der Waals surface area contributed by atoms with Crippen molar-refractivity contribution in [3.63, 3.8) is 0 Å². The van der Waals surface area contributed by atoms with Crippen LogP contribution in [-0.2, 0) is 22.4 Å². The van der Waals surface area contributed by atoms with Gasteiger partial charge in [0.05, 0.1) is 11.7 Å². The first-order valence-corrected chi connectivity index (χ1v) is 11.5. The lowest BCUT2D eigenvalue weighted by atomic mass is 9.95. The van der Waals surface area contributed by atoms with Crippen LogP contribution in [-0.4, -0.2) is 37.7 Å². The molecule has 1 unspecified atom stereocenters. The van der Waals surface area contributed by atoms with Gasteiger partial charge in [-0.05, 0) is 63.1 Å². The largest absolute Gasteiger partial charge is 0.484 e. The Balaban J connectivity index is 1.43. The second kappa shape index (κ2) is 9.62. The number of carbonyl (C=O) groups excluding carboxylic acids is 2. The number of fused-ring (bicyclic) bond motifs is 1. The molecule has 4 rings (SSSR count). The van der Waals surface area contributed by atoms with E-state index in [1.54, 1.807) is 0 Å². The Bertz CT molecular complexity index is 901. The number of thiophene rings is 1. The zero-order valence-electron chi connectivity index (χ0n) is 17.3. The number of benzene rings is 1. The van der Waals surface area contributed by atoms with Crippen molar-refractivity contribution in [1.82, 2.24) is 5.32 Å². The highest BCUT2D eigenvalue weighted by atomic mass is 32.1. The summed E-state index contributed by atoms with van der Waals surface area (Å²) in [5.41, 5.74) is 2.84. The molecule has 2 heterocycles. The van der Waals surface area contributed by atoms with Gasteiger partial charge < -0.3 is 20.1 Å². The summed E-state index contributed by atoms with van der Waals surface area (Å²) in [5, 5.41) is 6.56. The fourth-order valence-electron chi connectivity index (χ4n) is 3.94. The van der Waals surface area contributed by atoms with E-state index in [0.717, 1.165) is 56.3 Å². The molecule has 6 nitrogen and oxygen atoms in total. The number of ether oxygens (including phenoxy) is 2. The molecule has 1 aromatic carbocycles. The van der Waals surface area contributed by atoms with Crippen LogP contribution in [0.2, 0.25) is 0 Å². The van der Waals surface area contributed by atoms with Crippen LogP contribution in [0.25, 0.3) is 0 Å². The van der Waals surface area contributed by atoms with Crippen molar-refractivity contribution in [1.29, 1.82) is 0 Å². The SMILES string of the molecule is Cc1ccc(OCC(=O)Nc2sc3c(c2C(=O)NCC2CCCO2)CCCC3)cc1. The molecule has 1 aliphatic heterocycles. The Labute approximate surface area is 181 Å². The molecule has 1 aliphatic carbocycles. The second-order valence-corrected chi connectivity index (χ2v) is 9.02. The summed E-state index contributed by atoms with van der Waals surface area (Å²) >= 11 is 1.52. The van der Waals surface area contributed by atoms with E-state index in [1.165, 1.54) is 16.2 Å². The van der Waals surface area contributed by atoms with E-state index in [0.29, 0.717) is 22.9 Å². The van der Waals surface area contributed by atoms with Crippen molar-refractivity contribution < 1.29 is 19.1 Å². The Kier molecular flexibility index (Phi) is 6.69. The summed E-state index contributed by atoms with van der Waals surface area (Å²) in [5.74, 6) is 0.262. The van der Waals surface area contributed by atoms with E-state index in [-0.39, 0.29) is 24.5 Å². The first kappa shape index (κ1) is 20.9. The average molecular weight is 429 g/mol. The monoisotopic (exact) mass is 428 g/mol. The molecular formula is C23H28N2O4S. The van der Waals surface area contributed by atoms with Crippen molar-refractivity contribution in [2.45, 2.75) is 51.6 Å². The highest BCUT2D eigenvalue weighted by Gasteiger charge is 2.27. The summed E-state index contributed by atoms with van der Waals surface area (Å²) in [6, 6.07) is 7.57. The third-order valence-corrected chi connectivity index (χ3v) is 6.76. The zero-order valence-corrected chi connectivity index (χ0v) is 18.1. The minimum Gasteiger partial charge on any atom is -0.484 e. The van der Waals surface area contributed by atoms with Crippen molar-refractivity contribution in [2.24, 2.45) is 0 Å². The van der Waals surface area contributed by atoms with Gasteiger partial charge in [0.2, 0.25) is 0 Å². The zero-order chi connectivity index (χ0) is 20.9. The molecule has 0 radical (unpaired) electrons. The predicted octanol–water partition coefficient (Wildman–Crippen LogP) is 3.86. The molecule has 2 N–H and O–H groups in total. The molecule has 1 atom stereocenters. The third-order valence-electron chi connectivity index (χ3n) is 5.56. The third kappa shape index (κ3) is 5.02. The van der Waals surface area contributed by atoms with Crippen LogP contribution in [0, 0.1) is 6.92 Å². The Morgan fingerprint density at radius 2 is 1.97 bits per heavy atom. The first-order chi connectivity index (χ1) is 14.6. The number of amides is 2. The van der Waals surface area contributed by atoms with Gasteiger partial charge in [0.15, 0.2) is 6.61 Å². The van der Waals surface area contributed by atoms with Gasteiger partial charge in [-0.2, -0.15) is 0 Å². The van der Waals surface area contributed by atoms with E-state index in [4.69, 9.17) is 9.47 Å². The number of rotatable bonds is 7. The van der Waals surface area contributed by atoms with Crippen LogP contribution >= 0.6 is 11.3 Å². The van der Waals surface area contributed by atoms with Gasteiger partial charge in [-0.1, -0.05) is 17.7 Å². The number of carbonyl (C=O) groups is 2. The lowest BCUT2D eigenvalue weighted by Crippen LogP contribution is -2.33. The summed E-state index contributed by atoms with van der Waals surface area (Å²) < 4.78 is 11.2.